The van der Waals surface area contributed by atoms with Crippen LogP contribution in [0.3, 0.4) is 0 Å². The van der Waals surface area contributed by atoms with Crippen LogP contribution in [0, 0.1) is 0 Å². The number of amides is 1. The first-order valence-corrected chi connectivity index (χ1v) is 11.0. The zero-order valence-electron chi connectivity index (χ0n) is 17.7. The molecule has 5 nitrogen and oxygen atoms in total. The van der Waals surface area contributed by atoms with E-state index in [-0.39, 0.29) is 5.91 Å². The summed E-state index contributed by atoms with van der Waals surface area (Å²) in [5.41, 5.74) is 6.13. The second-order valence-electron chi connectivity index (χ2n) is 6.87. The predicted molar refractivity (Wildman–Crippen MR) is 130 cm³/mol. The number of anilines is 1. The fourth-order valence-electron chi connectivity index (χ4n) is 3.11. The van der Waals surface area contributed by atoms with Crippen LogP contribution in [-0.4, -0.2) is 25.2 Å². The van der Waals surface area contributed by atoms with Crippen molar-refractivity contribution >= 4 is 33.7 Å². The molecule has 0 heterocycles. The number of nitrogens with one attached hydrogen (secondary N) is 1. The van der Waals surface area contributed by atoms with Gasteiger partial charge in [-0.3, -0.25) is 4.79 Å². The van der Waals surface area contributed by atoms with Crippen LogP contribution in [0.15, 0.2) is 82.4 Å². The van der Waals surface area contributed by atoms with Gasteiger partial charge in [0.1, 0.15) is 12.4 Å². The van der Waals surface area contributed by atoms with Crippen LogP contribution in [-0.2, 0) is 6.61 Å². The molecule has 0 bridgehead atoms. The second kappa shape index (κ2) is 11.3. The zero-order chi connectivity index (χ0) is 22.1. The Labute approximate surface area is 191 Å². The van der Waals surface area contributed by atoms with E-state index < -0.39 is 0 Å². The highest BCUT2D eigenvalue weighted by molar-refractivity contribution is 9.10. The van der Waals surface area contributed by atoms with Crippen molar-refractivity contribution in [2.45, 2.75) is 20.5 Å². The normalized spacial score (nSPS) is 10.8. The Hall–Kier alpha value is -3.12. The number of hydrogen-bond donors (Lipinski definition) is 1. The number of para-hydroxylation sites is 1. The van der Waals surface area contributed by atoms with E-state index in [1.807, 2.05) is 42.5 Å². The average molecular weight is 480 g/mol. The van der Waals surface area contributed by atoms with Crippen molar-refractivity contribution in [3.05, 3.63) is 94.0 Å². The molecule has 1 amide bonds. The molecule has 160 valence electrons. The third kappa shape index (κ3) is 6.43. The quantitative estimate of drug-likeness (QED) is 0.319. The number of rotatable bonds is 9. The van der Waals surface area contributed by atoms with E-state index in [0.29, 0.717) is 17.9 Å². The maximum absolute atomic E-state index is 12.6. The van der Waals surface area contributed by atoms with E-state index in [9.17, 15) is 4.79 Å². The highest BCUT2D eigenvalue weighted by Gasteiger charge is 2.11. The lowest BCUT2D eigenvalue weighted by Gasteiger charge is -2.20. The van der Waals surface area contributed by atoms with Gasteiger partial charge in [0.05, 0.1) is 11.8 Å². The molecule has 31 heavy (non-hydrogen) atoms. The lowest BCUT2D eigenvalue weighted by molar-refractivity contribution is 0.0950. The monoisotopic (exact) mass is 479 g/mol. The summed E-state index contributed by atoms with van der Waals surface area (Å²) in [5.74, 6) is 0.198. The van der Waals surface area contributed by atoms with E-state index in [0.717, 1.165) is 28.7 Å². The summed E-state index contributed by atoms with van der Waals surface area (Å²) in [4.78, 5) is 14.9. The summed E-state index contributed by atoms with van der Waals surface area (Å²) in [5, 5.41) is 4.10. The third-order valence-electron chi connectivity index (χ3n) is 4.84. The van der Waals surface area contributed by atoms with Gasteiger partial charge in [0.2, 0.25) is 0 Å². The minimum Gasteiger partial charge on any atom is -0.488 e. The van der Waals surface area contributed by atoms with Crippen molar-refractivity contribution in [3.8, 4) is 5.75 Å². The number of carbonyl (C=O) groups excluding carboxylic acids is 1. The minimum atomic E-state index is -0.317. The standard InChI is InChI=1S/C25H26BrN3O2/c1-3-29(4-2)22-15-11-19(12-16-22)17-27-28-25(30)23-7-5-6-8-24(23)31-18-20-9-13-21(26)14-10-20/h5-17H,3-4,18H2,1-2H3,(H,28,30)/b27-17+. The van der Waals surface area contributed by atoms with Gasteiger partial charge >= 0.3 is 0 Å². The molecule has 3 aromatic carbocycles. The minimum absolute atomic E-state index is 0.317. The van der Waals surface area contributed by atoms with Crippen LogP contribution in [0.4, 0.5) is 5.69 Å². The topological polar surface area (TPSA) is 53.9 Å². The molecular formula is C25H26BrN3O2. The van der Waals surface area contributed by atoms with Gasteiger partial charge in [-0.25, -0.2) is 5.43 Å². The molecule has 0 aliphatic heterocycles. The van der Waals surface area contributed by atoms with Crippen LogP contribution < -0.4 is 15.1 Å². The molecule has 6 heteroatoms. The van der Waals surface area contributed by atoms with E-state index in [1.165, 1.54) is 5.69 Å². The number of hydrogen-bond acceptors (Lipinski definition) is 4. The largest absolute Gasteiger partial charge is 0.488 e. The number of nitrogens with zero attached hydrogens (tertiary/aromatic N) is 2. The summed E-state index contributed by atoms with van der Waals surface area (Å²) in [7, 11) is 0. The molecule has 0 aliphatic carbocycles. The van der Waals surface area contributed by atoms with Gasteiger partial charge in [0.15, 0.2) is 0 Å². The Bertz CT molecular complexity index is 1010. The Morgan fingerprint density at radius 3 is 2.35 bits per heavy atom. The van der Waals surface area contributed by atoms with Gasteiger partial charge in [-0.1, -0.05) is 52.3 Å². The SMILES string of the molecule is CCN(CC)c1ccc(/C=N/NC(=O)c2ccccc2OCc2ccc(Br)cc2)cc1. The Morgan fingerprint density at radius 1 is 1.00 bits per heavy atom. The van der Waals surface area contributed by atoms with Crippen molar-refractivity contribution in [2.75, 3.05) is 18.0 Å². The molecule has 0 radical (unpaired) electrons. The summed E-state index contributed by atoms with van der Waals surface area (Å²) >= 11 is 3.42. The smallest absolute Gasteiger partial charge is 0.275 e. The van der Waals surface area contributed by atoms with Crippen molar-refractivity contribution in [3.63, 3.8) is 0 Å². The summed E-state index contributed by atoms with van der Waals surface area (Å²) in [6.45, 7) is 6.57. The summed E-state index contributed by atoms with van der Waals surface area (Å²) in [6, 6.07) is 23.1. The highest BCUT2D eigenvalue weighted by atomic mass is 79.9. The molecular weight excluding hydrogens is 454 g/mol. The van der Waals surface area contributed by atoms with Gasteiger partial charge in [-0.15, -0.1) is 0 Å². The fraction of sp³-hybridized carbons (Fsp3) is 0.200. The van der Waals surface area contributed by atoms with E-state index >= 15 is 0 Å². The molecule has 0 saturated heterocycles. The first kappa shape index (κ1) is 22.6. The molecule has 0 fully saturated rings. The number of hydrazone groups is 1. The summed E-state index contributed by atoms with van der Waals surface area (Å²) < 4.78 is 6.88. The van der Waals surface area contributed by atoms with Crippen LogP contribution in [0.5, 0.6) is 5.75 Å². The molecule has 0 aliphatic rings. The zero-order valence-corrected chi connectivity index (χ0v) is 19.3. The molecule has 3 aromatic rings. The Morgan fingerprint density at radius 2 is 1.68 bits per heavy atom. The molecule has 1 N–H and O–H groups in total. The molecule has 0 saturated carbocycles. The molecule has 0 spiro atoms. The van der Waals surface area contributed by atoms with Crippen LogP contribution in [0.1, 0.15) is 35.3 Å². The van der Waals surface area contributed by atoms with Crippen LogP contribution >= 0.6 is 15.9 Å². The third-order valence-corrected chi connectivity index (χ3v) is 5.37. The fourth-order valence-corrected chi connectivity index (χ4v) is 3.37. The van der Waals surface area contributed by atoms with Gasteiger partial charge in [0.25, 0.3) is 5.91 Å². The summed E-state index contributed by atoms with van der Waals surface area (Å²) in [6.07, 6.45) is 1.63. The van der Waals surface area contributed by atoms with E-state index in [2.05, 4.69) is 57.3 Å². The van der Waals surface area contributed by atoms with Crippen molar-refractivity contribution < 1.29 is 9.53 Å². The van der Waals surface area contributed by atoms with E-state index in [4.69, 9.17) is 4.74 Å². The lowest BCUT2D eigenvalue weighted by atomic mass is 10.2. The van der Waals surface area contributed by atoms with Crippen LogP contribution in [0.2, 0.25) is 0 Å². The maximum atomic E-state index is 12.6. The number of ether oxygens (including phenoxy) is 1. The van der Waals surface area contributed by atoms with Gasteiger partial charge in [0, 0.05) is 23.2 Å². The van der Waals surface area contributed by atoms with Gasteiger partial charge in [-0.05, 0) is 61.4 Å². The average Bonchev–Trinajstić information content (AvgIpc) is 2.80. The molecule has 0 aromatic heterocycles. The Balaban J connectivity index is 1.61. The van der Waals surface area contributed by atoms with Gasteiger partial charge < -0.3 is 9.64 Å². The first-order valence-electron chi connectivity index (χ1n) is 10.3. The number of carbonyl (C=O) groups is 1. The highest BCUT2D eigenvalue weighted by Crippen LogP contribution is 2.20. The number of halogens is 1. The lowest BCUT2D eigenvalue weighted by Crippen LogP contribution is -2.21. The second-order valence-corrected chi connectivity index (χ2v) is 7.79. The maximum Gasteiger partial charge on any atom is 0.275 e. The van der Waals surface area contributed by atoms with Crippen LogP contribution in [0.25, 0.3) is 0 Å². The molecule has 0 unspecified atom stereocenters. The Kier molecular flexibility index (Phi) is 8.24. The van der Waals surface area contributed by atoms with Crippen molar-refractivity contribution in [1.82, 2.24) is 5.43 Å². The van der Waals surface area contributed by atoms with Gasteiger partial charge in [-0.2, -0.15) is 5.10 Å². The van der Waals surface area contributed by atoms with E-state index in [1.54, 1.807) is 24.4 Å². The first-order chi connectivity index (χ1) is 15.1. The number of benzene rings is 3. The van der Waals surface area contributed by atoms with Crippen molar-refractivity contribution in [1.29, 1.82) is 0 Å². The predicted octanol–water partition coefficient (Wildman–Crippen LogP) is 5.64. The molecule has 3 rings (SSSR count). The van der Waals surface area contributed by atoms with Crippen molar-refractivity contribution in [2.24, 2.45) is 5.10 Å². The molecule has 0 atom stereocenters.